The zero-order chi connectivity index (χ0) is 21.8. The maximum absolute atomic E-state index is 12.3. The number of rotatable bonds is 9. The molecule has 1 N–H and O–H groups in total. The molecule has 0 saturated heterocycles. The second-order valence-electron chi connectivity index (χ2n) is 7.70. The molecule has 2 heterocycles. The van der Waals surface area contributed by atoms with Gasteiger partial charge in [-0.2, -0.15) is 0 Å². The number of nitrogens with one attached hydrogen (secondary N) is 1. The van der Waals surface area contributed by atoms with Crippen LogP contribution in [0.1, 0.15) is 25.1 Å². The summed E-state index contributed by atoms with van der Waals surface area (Å²) in [5, 5.41) is 12.6. The van der Waals surface area contributed by atoms with E-state index in [2.05, 4.69) is 21.6 Å². The van der Waals surface area contributed by atoms with Gasteiger partial charge in [0, 0.05) is 12.2 Å². The summed E-state index contributed by atoms with van der Waals surface area (Å²) >= 11 is 4.78. The Morgan fingerprint density at radius 1 is 1.06 bits per heavy atom. The molecule has 0 radical (unpaired) electrons. The third kappa shape index (κ3) is 5.00. The van der Waals surface area contributed by atoms with E-state index >= 15 is 0 Å². The number of para-hydroxylation sites is 2. The van der Waals surface area contributed by atoms with E-state index in [-0.39, 0.29) is 5.91 Å². The molecule has 0 spiro atoms. The second kappa shape index (κ2) is 10.1. The van der Waals surface area contributed by atoms with E-state index in [9.17, 15) is 4.79 Å². The van der Waals surface area contributed by atoms with Crippen LogP contribution < -0.4 is 5.32 Å². The summed E-state index contributed by atoms with van der Waals surface area (Å²) in [7, 11) is 0. The van der Waals surface area contributed by atoms with Crippen molar-refractivity contribution in [3.63, 3.8) is 0 Å². The molecule has 164 valence electrons. The molecule has 5 rings (SSSR count). The molecule has 9 heteroatoms. The van der Waals surface area contributed by atoms with Gasteiger partial charge >= 0.3 is 0 Å². The first-order chi connectivity index (χ1) is 15.8. The standard InChI is InChI=1S/C23H23N5OS3/c29-21(24-13-16-7-6-8-16)15-30-22-27-26-20(28(22)17-9-2-1-3-10-17)14-31-23-25-18-11-4-5-12-19(18)32-23/h1-5,9-12,16H,6-8,13-15H2,(H,24,29). The minimum absolute atomic E-state index is 0.0508. The van der Waals surface area contributed by atoms with Crippen LogP contribution in [0.2, 0.25) is 0 Å². The summed E-state index contributed by atoms with van der Waals surface area (Å²) < 4.78 is 4.24. The molecule has 4 aromatic rings. The van der Waals surface area contributed by atoms with Gasteiger partial charge in [0.25, 0.3) is 0 Å². The lowest BCUT2D eigenvalue weighted by molar-refractivity contribution is -0.118. The van der Waals surface area contributed by atoms with Gasteiger partial charge in [-0.1, -0.05) is 60.3 Å². The number of thioether (sulfide) groups is 2. The number of aromatic nitrogens is 4. The van der Waals surface area contributed by atoms with Crippen molar-refractivity contribution in [2.45, 2.75) is 34.5 Å². The van der Waals surface area contributed by atoms with E-state index in [0.717, 1.165) is 33.1 Å². The van der Waals surface area contributed by atoms with E-state index in [0.29, 0.717) is 17.4 Å². The first-order valence-corrected chi connectivity index (χ1v) is 13.4. The van der Waals surface area contributed by atoms with Crippen LogP contribution in [0.3, 0.4) is 0 Å². The van der Waals surface area contributed by atoms with Crippen LogP contribution in [0.4, 0.5) is 0 Å². The van der Waals surface area contributed by atoms with E-state index in [4.69, 9.17) is 4.98 Å². The number of carbonyl (C=O) groups excluding carboxylic acids is 1. The summed E-state index contributed by atoms with van der Waals surface area (Å²) in [4.78, 5) is 17.0. The highest BCUT2D eigenvalue weighted by Gasteiger charge is 2.19. The van der Waals surface area contributed by atoms with Gasteiger partial charge in [0.1, 0.15) is 5.82 Å². The van der Waals surface area contributed by atoms with Crippen LogP contribution in [-0.2, 0) is 10.5 Å². The largest absolute Gasteiger partial charge is 0.355 e. The zero-order valence-electron chi connectivity index (χ0n) is 17.4. The van der Waals surface area contributed by atoms with Crippen LogP contribution >= 0.6 is 34.9 Å². The fraction of sp³-hybridized carbons (Fsp3) is 0.304. The number of hydrogen-bond donors (Lipinski definition) is 1. The Bertz CT molecular complexity index is 1170. The smallest absolute Gasteiger partial charge is 0.230 e. The summed E-state index contributed by atoms with van der Waals surface area (Å²) in [6.07, 6.45) is 3.74. The van der Waals surface area contributed by atoms with Gasteiger partial charge in [-0.05, 0) is 43.0 Å². The monoisotopic (exact) mass is 481 g/mol. The molecule has 1 amide bonds. The number of carbonyl (C=O) groups is 1. The molecule has 6 nitrogen and oxygen atoms in total. The van der Waals surface area contributed by atoms with Crippen molar-refractivity contribution in [1.82, 2.24) is 25.1 Å². The predicted molar refractivity (Wildman–Crippen MR) is 132 cm³/mol. The molecule has 0 unspecified atom stereocenters. The molecular formula is C23H23N5OS3. The van der Waals surface area contributed by atoms with Gasteiger partial charge in [0.2, 0.25) is 5.91 Å². The van der Waals surface area contributed by atoms with Gasteiger partial charge in [0.15, 0.2) is 9.50 Å². The fourth-order valence-electron chi connectivity index (χ4n) is 3.50. The van der Waals surface area contributed by atoms with E-state index in [1.54, 1.807) is 23.1 Å². The summed E-state index contributed by atoms with van der Waals surface area (Å²) in [5.74, 6) is 2.54. The molecule has 0 atom stereocenters. The summed E-state index contributed by atoms with van der Waals surface area (Å²) in [6, 6.07) is 18.2. The highest BCUT2D eigenvalue weighted by Crippen LogP contribution is 2.32. The van der Waals surface area contributed by atoms with Crippen LogP contribution in [0.15, 0.2) is 64.1 Å². The van der Waals surface area contributed by atoms with Crippen molar-refractivity contribution in [3.05, 3.63) is 60.4 Å². The highest BCUT2D eigenvalue weighted by atomic mass is 32.2. The first-order valence-electron chi connectivity index (χ1n) is 10.6. The van der Waals surface area contributed by atoms with Crippen molar-refractivity contribution in [1.29, 1.82) is 0 Å². The number of fused-ring (bicyclic) bond motifs is 1. The Morgan fingerprint density at radius 3 is 2.66 bits per heavy atom. The molecule has 0 bridgehead atoms. The molecule has 1 aliphatic carbocycles. The predicted octanol–water partition coefficient (Wildman–Crippen LogP) is 5.18. The van der Waals surface area contributed by atoms with Crippen molar-refractivity contribution >= 4 is 51.0 Å². The molecular weight excluding hydrogens is 458 g/mol. The number of amides is 1. The topological polar surface area (TPSA) is 72.7 Å². The van der Waals surface area contributed by atoms with Crippen molar-refractivity contribution in [3.8, 4) is 5.69 Å². The quantitative estimate of drug-likeness (QED) is 0.332. The Labute approximate surface area is 199 Å². The number of thiazole rings is 1. The van der Waals surface area contributed by atoms with Crippen LogP contribution in [0.5, 0.6) is 0 Å². The SMILES string of the molecule is O=C(CSc1nnc(CSc2nc3ccccc3s2)n1-c1ccccc1)NCC1CCC1. The van der Waals surface area contributed by atoms with E-state index in [1.165, 1.54) is 35.7 Å². The van der Waals surface area contributed by atoms with Gasteiger partial charge in [-0.15, -0.1) is 21.5 Å². The van der Waals surface area contributed by atoms with E-state index < -0.39 is 0 Å². The average Bonchev–Trinajstić information content (AvgIpc) is 3.39. The maximum Gasteiger partial charge on any atom is 0.230 e. The van der Waals surface area contributed by atoms with Gasteiger partial charge < -0.3 is 5.32 Å². The molecule has 32 heavy (non-hydrogen) atoms. The molecule has 1 aliphatic rings. The maximum atomic E-state index is 12.3. The summed E-state index contributed by atoms with van der Waals surface area (Å²) in [6.45, 7) is 0.787. The van der Waals surface area contributed by atoms with Gasteiger partial charge in [-0.3, -0.25) is 9.36 Å². The molecule has 1 fully saturated rings. The highest BCUT2D eigenvalue weighted by molar-refractivity contribution is 8.00. The van der Waals surface area contributed by atoms with Gasteiger partial charge in [0.05, 0.1) is 21.7 Å². The Kier molecular flexibility index (Phi) is 6.75. The van der Waals surface area contributed by atoms with Crippen molar-refractivity contribution in [2.24, 2.45) is 5.92 Å². The lowest BCUT2D eigenvalue weighted by Crippen LogP contribution is -2.33. The molecule has 0 aliphatic heterocycles. The number of nitrogens with zero attached hydrogens (tertiary/aromatic N) is 4. The third-order valence-corrected chi connectivity index (χ3v) is 8.56. The minimum Gasteiger partial charge on any atom is -0.355 e. The fourth-order valence-corrected chi connectivity index (χ4v) is 6.28. The molecule has 1 saturated carbocycles. The van der Waals surface area contributed by atoms with Crippen LogP contribution in [-0.4, -0.2) is 38.0 Å². The van der Waals surface area contributed by atoms with E-state index in [1.807, 2.05) is 53.1 Å². The minimum atomic E-state index is 0.0508. The third-order valence-electron chi connectivity index (χ3n) is 5.46. The van der Waals surface area contributed by atoms with Crippen LogP contribution in [0.25, 0.3) is 15.9 Å². The second-order valence-corrected chi connectivity index (χ2v) is 10.9. The number of benzene rings is 2. The Balaban J connectivity index is 1.29. The molecule has 2 aromatic carbocycles. The van der Waals surface area contributed by atoms with Crippen molar-refractivity contribution in [2.75, 3.05) is 12.3 Å². The van der Waals surface area contributed by atoms with Gasteiger partial charge in [-0.25, -0.2) is 4.98 Å². The zero-order valence-corrected chi connectivity index (χ0v) is 19.9. The van der Waals surface area contributed by atoms with Crippen LogP contribution in [0, 0.1) is 5.92 Å². The first kappa shape index (κ1) is 21.5. The Morgan fingerprint density at radius 2 is 1.88 bits per heavy atom. The lowest BCUT2D eigenvalue weighted by Gasteiger charge is -2.25. The number of hydrogen-bond acceptors (Lipinski definition) is 7. The lowest BCUT2D eigenvalue weighted by atomic mass is 9.85. The summed E-state index contributed by atoms with van der Waals surface area (Å²) in [5.41, 5.74) is 2.02. The van der Waals surface area contributed by atoms with Crippen molar-refractivity contribution < 1.29 is 4.79 Å². The average molecular weight is 482 g/mol. The molecule has 2 aromatic heterocycles. The normalized spacial score (nSPS) is 13.9. The Hall–Kier alpha value is -2.36.